The zero-order chi connectivity index (χ0) is 15.4. The fraction of sp³-hybridized carbons (Fsp3) is 0.333. The summed E-state index contributed by atoms with van der Waals surface area (Å²) in [6.07, 6.45) is 1.59. The second kappa shape index (κ2) is 6.87. The summed E-state index contributed by atoms with van der Waals surface area (Å²) in [4.78, 5) is 8.74. The summed E-state index contributed by atoms with van der Waals surface area (Å²) in [5.74, 6) is 0.871. The van der Waals surface area contributed by atoms with Gasteiger partial charge in [0.1, 0.15) is 5.69 Å². The zero-order valence-electron chi connectivity index (χ0n) is 12.5. The largest absolute Gasteiger partial charge is 0.480 e. The number of nitrogens with zero attached hydrogens (tertiary/aromatic N) is 2. The molecule has 0 aliphatic rings. The number of hydrogen-bond donors (Lipinski definition) is 1. The lowest BCUT2D eigenvalue weighted by Crippen LogP contribution is -2.21. The number of methoxy groups -OCH3 is 2. The molecule has 0 fully saturated rings. The molecule has 21 heavy (non-hydrogen) atoms. The molecule has 0 aliphatic heterocycles. The maximum Gasteiger partial charge on any atom is 0.240 e. The van der Waals surface area contributed by atoms with Crippen LogP contribution in [-0.4, -0.2) is 31.2 Å². The summed E-state index contributed by atoms with van der Waals surface area (Å²) in [7, 11) is 5.01. The van der Waals surface area contributed by atoms with E-state index in [1.165, 1.54) is 5.56 Å². The smallest absolute Gasteiger partial charge is 0.240 e. The molecular formula is C15H18BrN3O2. The van der Waals surface area contributed by atoms with Crippen LogP contribution in [0.3, 0.4) is 0 Å². The lowest BCUT2D eigenvalue weighted by molar-refractivity contribution is 0.353. The predicted octanol–water partition coefficient (Wildman–Crippen LogP) is 2.87. The molecule has 2 aromatic rings. The van der Waals surface area contributed by atoms with Crippen LogP contribution in [-0.2, 0) is 0 Å². The standard InChI is InChI=1S/C15H18BrN3O2/c1-9-5-6-11(16)10(7-9)13(17-2)14-15(21-4)19-12(20-3)8-18-14/h5-8,13,17H,1-4H3. The van der Waals surface area contributed by atoms with Gasteiger partial charge >= 0.3 is 0 Å². The molecule has 5 nitrogen and oxygen atoms in total. The Morgan fingerprint density at radius 1 is 1.24 bits per heavy atom. The number of ether oxygens (including phenoxy) is 2. The summed E-state index contributed by atoms with van der Waals surface area (Å²) in [5.41, 5.74) is 2.97. The first kappa shape index (κ1) is 15.7. The number of aromatic nitrogens is 2. The Labute approximate surface area is 132 Å². The van der Waals surface area contributed by atoms with Crippen molar-refractivity contribution < 1.29 is 9.47 Å². The highest BCUT2D eigenvalue weighted by molar-refractivity contribution is 9.10. The molecule has 1 unspecified atom stereocenters. The SMILES string of the molecule is CNC(c1cc(C)ccc1Br)c1ncc(OC)nc1OC. The highest BCUT2D eigenvalue weighted by atomic mass is 79.9. The highest BCUT2D eigenvalue weighted by Gasteiger charge is 2.22. The van der Waals surface area contributed by atoms with Crippen molar-refractivity contribution in [3.05, 3.63) is 45.7 Å². The van der Waals surface area contributed by atoms with Crippen LogP contribution in [0.15, 0.2) is 28.9 Å². The minimum absolute atomic E-state index is 0.132. The Kier molecular flexibility index (Phi) is 5.14. The molecule has 1 N–H and O–H groups in total. The van der Waals surface area contributed by atoms with Crippen LogP contribution < -0.4 is 14.8 Å². The molecule has 112 valence electrons. The van der Waals surface area contributed by atoms with Gasteiger partial charge in [-0.25, -0.2) is 4.98 Å². The van der Waals surface area contributed by atoms with Gasteiger partial charge in [0.15, 0.2) is 0 Å². The summed E-state index contributed by atoms with van der Waals surface area (Å²) in [6.45, 7) is 2.06. The number of hydrogen-bond acceptors (Lipinski definition) is 5. The molecular weight excluding hydrogens is 334 g/mol. The maximum absolute atomic E-state index is 5.35. The lowest BCUT2D eigenvalue weighted by Gasteiger charge is -2.20. The third-order valence-corrected chi connectivity index (χ3v) is 3.89. The Balaban J connectivity index is 2.53. The normalized spacial score (nSPS) is 12.0. The van der Waals surface area contributed by atoms with Crippen molar-refractivity contribution in [2.45, 2.75) is 13.0 Å². The van der Waals surface area contributed by atoms with Crippen molar-refractivity contribution in [3.63, 3.8) is 0 Å². The predicted molar refractivity (Wildman–Crippen MR) is 84.9 cm³/mol. The van der Waals surface area contributed by atoms with E-state index in [4.69, 9.17) is 9.47 Å². The van der Waals surface area contributed by atoms with Gasteiger partial charge in [-0.15, -0.1) is 0 Å². The van der Waals surface area contributed by atoms with Crippen molar-refractivity contribution in [3.8, 4) is 11.8 Å². The third kappa shape index (κ3) is 3.33. The molecule has 0 spiro atoms. The summed E-state index contributed by atoms with van der Waals surface area (Å²) in [6, 6.07) is 6.05. The molecule has 0 radical (unpaired) electrons. The summed E-state index contributed by atoms with van der Waals surface area (Å²) >= 11 is 3.59. The van der Waals surface area contributed by atoms with Gasteiger partial charge in [0.05, 0.1) is 26.5 Å². The molecule has 1 atom stereocenters. The van der Waals surface area contributed by atoms with Gasteiger partial charge in [0.2, 0.25) is 11.8 Å². The maximum atomic E-state index is 5.35. The van der Waals surface area contributed by atoms with E-state index in [1.54, 1.807) is 20.4 Å². The molecule has 0 saturated heterocycles. The van der Waals surface area contributed by atoms with Gasteiger partial charge in [-0.3, -0.25) is 0 Å². The van der Waals surface area contributed by atoms with E-state index in [1.807, 2.05) is 13.1 Å². The second-order valence-corrected chi connectivity index (χ2v) is 5.41. The Bertz CT molecular complexity index is 634. The first-order valence-electron chi connectivity index (χ1n) is 6.49. The van der Waals surface area contributed by atoms with E-state index >= 15 is 0 Å². The Morgan fingerprint density at radius 2 is 2.00 bits per heavy atom. The van der Waals surface area contributed by atoms with Gasteiger partial charge in [-0.1, -0.05) is 33.6 Å². The van der Waals surface area contributed by atoms with E-state index in [0.717, 1.165) is 10.0 Å². The first-order valence-corrected chi connectivity index (χ1v) is 7.28. The number of halogens is 1. The third-order valence-electron chi connectivity index (χ3n) is 3.17. The highest BCUT2D eigenvalue weighted by Crippen LogP contribution is 2.32. The van der Waals surface area contributed by atoms with Gasteiger partial charge < -0.3 is 14.8 Å². The molecule has 0 bridgehead atoms. The number of rotatable bonds is 5. The van der Waals surface area contributed by atoms with E-state index in [-0.39, 0.29) is 6.04 Å². The summed E-state index contributed by atoms with van der Waals surface area (Å²) < 4.78 is 11.5. The Morgan fingerprint density at radius 3 is 2.62 bits per heavy atom. The van der Waals surface area contributed by atoms with Crippen LogP contribution in [0.1, 0.15) is 22.9 Å². The topological polar surface area (TPSA) is 56.3 Å². The van der Waals surface area contributed by atoms with Crippen molar-refractivity contribution in [2.24, 2.45) is 0 Å². The van der Waals surface area contributed by atoms with E-state index in [0.29, 0.717) is 17.5 Å². The quantitative estimate of drug-likeness (QED) is 0.897. The van der Waals surface area contributed by atoms with Crippen LogP contribution in [0.5, 0.6) is 11.8 Å². The van der Waals surface area contributed by atoms with Crippen molar-refractivity contribution >= 4 is 15.9 Å². The molecule has 0 aliphatic carbocycles. The minimum atomic E-state index is -0.132. The fourth-order valence-electron chi connectivity index (χ4n) is 2.14. The van der Waals surface area contributed by atoms with Crippen molar-refractivity contribution in [1.82, 2.24) is 15.3 Å². The fourth-order valence-corrected chi connectivity index (χ4v) is 2.61. The molecule has 1 heterocycles. The molecule has 1 aromatic heterocycles. The molecule has 2 rings (SSSR count). The first-order chi connectivity index (χ1) is 10.1. The van der Waals surface area contributed by atoms with Crippen molar-refractivity contribution in [1.29, 1.82) is 0 Å². The Hall–Kier alpha value is -1.66. The van der Waals surface area contributed by atoms with Gasteiger partial charge in [0.25, 0.3) is 0 Å². The molecule has 1 aromatic carbocycles. The zero-order valence-corrected chi connectivity index (χ0v) is 14.1. The van der Waals surface area contributed by atoms with Crippen LogP contribution in [0.25, 0.3) is 0 Å². The van der Waals surface area contributed by atoms with Crippen LogP contribution in [0.4, 0.5) is 0 Å². The molecule has 6 heteroatoms. The molecule has 0 saturated carbocycles. The van der Waals surface area contributed by atoms with Gasteiger partial charge in [-0.05, 0) is 25.6 Å². The van der Waals surface area contributed by atoms with E-state index < -0.39 is 0 Å². The summed E-state index contributed by atoms with van der Waals surface area (Å²) in [5, 5.41) is 3.26. The van der Waals surface area contributed by atoms with Crippen LogP contribution >= 0.6 is 15.9 Å². The second-order valence-electron chi connectivity index (χ2n) is 4.55. The van der Waals surface area contributed by atoms with Crippen LogP contribution in [0, 0.1) is 6.92 Å². The van der Waals surface area contributed by atoms with Crippen molar-refractivity contribution in [2.75, 3.05) is 21.3 Å². The number of aryl methyl sites for hydroxylation is 1. The minimum Gasteiger partial charge on any atom is -0.480 e. The average Bonchev–Trinajstić information content (AvgIpc) is 2.51. The van der Waals surface area contributed by atoms with Gasteiger partial charge in [-0.2, -0.15) is 4.98 Å². The number of benzene rings is 1. The monoisotopic (exact) mass is 351 g/mol. The van der Waals surface area contributed by atoms with Gasteiger partial charge in [0, 0.05) is 4.47 Å². The lowest BCUT2D eigenvalue weighted by atomic mass is 10.0. The molecule has 0 amide bonds. The number of nitrogens with one attached hydrogen (secondary N) is 1. The average molecular weight is 352 g/mol. The van der Waals surface area contributed by atoms with E-state index in [9.17, 15) is 0 Å². The van der Waals surface area contributed by atoms with Crippen LogP contribution in [0.2, 0.25) is 0 Å². The van der Waals surface area contributed by atoms with E-state index in [2.05, 4.69) is 50.3 Å².